The summed E-state index contributed by atoms with van der Waals surface area (Å²) in [5, 5.41) is 0.523. The van der Waals surface area contributed by atoms with E-state index in [2.05, 4.69) is 18.4 Å². The fourth-order valence-electron chi connectivity index (χ4n) is 7.07. The van der Waals surface area contributed by atoms with Crippen molar-refractivity contribution >= 4 is 43.7 Å². The lowest BCUT2D eigenvalue weighted by molar-refractivity contribution is -0.197. The van der Waals surface area contributed by atoms with E-state index in [0.29, 0.717) is 34.3 Å². The van der Waals surface area contributed by atoms with Gasteiger partial charge in [0.25, 0.3) is 32.1 Å². The Bertz CT molecular complexity index is 2460. The number of rotatable bonds is 16. The van der Waals surface area contributed by atoms with Crippen LogP contribution in [0.25, 0.3) is 0 Å². The highest BCUT2D eigenvalue weighted by Crippen LogP contribution is 2.48. The largest absolute Gasteiger partial charge is 0.457 e. The third kappa shape index (κ3) is 10.3. The Kier molecular flexibility index (Phi) is 13.3. The maximum Gasteiger partial charge on any atom is 0.333 e. The van der Waals surface area contributed by atoms with Crippen molar-refractivity contribution in [2.24, 2.45) is 0 Å². The molecule has 3 aromatic carbocycles. The highest BCUT2D eigenvalue weighted by atomic mass is 32.2. The van der Waals surface area contributed by atoms with E-state index in [1.54, 1.807) is 54.6 Å². The number of allylic oxidation sites excluding steroid dienone is 6. The van der Waals surface area contributed by atoms with Gasteiger partial charge in [-0.1, -0.05) is 71.9 Å². The fourth-order valence-corrected chi connectivity index (χ4v) is 8.08. The molecular weight excluding hydrogens is 797 g/mol. The van der Waals surface area contributed by atoms with E-state index in [-0.39, 0.29) is 35.5 Å². The van der Waals surface area contributed by atoms with Crippen molar-refractivity contribution in [3.05, 3.63) is 131 Å². The number of nitrogens with zero attached hydrogens (tertiary/aromatic N) is 2. The number of anilines is 1. The Morgan fingerprint density at radius 3 is 2.14 bits per heavy atom. The van der Waals surface area contributed by atoms with Gasteiger partial charge in [0.2, 0.25) is 0 Å². The number of unbranched alkanes of at least 4 members (excludes halogenated alkanes) is 1. The molecular formula is C44H50N2O11S2. The molecule has 2 N–H and O–H groups in total. The molecule has 3 aromatic rings. The molecule has 2 heterocycles. The summed E-state index contributed by atoms with van der Waals surface area (Å²) in [6.45, 7) is 16.6. The zero-order chi connectivity index (χ0) is 43.5. The molecule has 314 valence electrons. The molecule has 0 aliphatic carbocycles. The standard InChI is InChI=1S/C44H50N2O11S2/c1-8-9-26-45-38-21-20-35(59(53,54)55)28-37(38)44(6,7)39(45)22-18-32(15-11-30(3)43(4,5)36-27-34(58(50,51)52)19-10-29(36)2)56-33-16-12-31(13-17-33)14-25-42(49)57-46-40(47)23-24-41(46)48/h10-13,15-22,27-28H,3,8-9,14,23-26H2,1-2,4-7H3,(H,50,51,52)(H,53,54,55)/b15-11+,32-18-,39-22+. The predicted molar refractivity (Wildman–Crippen MR) is 223 cm³/mol. The molecule has 1 saturated heterocycles. The van der Waals surface area contributed by atoms with Crippen molar-refractivity contribution in [1.82, 2.24) is 5.06 Å². The van der Waals surface area contributed by atoms with Gasteiger partial charge in [0.15, 0.2) is 0 Å². The first-order valence-corrected chi connectivity index (χ1v) is 22.0. The van der Waals surface area contributed by atoms with Crippen molar-refractivity contribution in [1.29, 1.82) is 0 Å². The Morgan fingerprint density at radius 2 is 1.53 bits per heavy atom. The minimum absolute atomic E-state index is 0.00712. The highest BCUT2D eigenvalue weighted by Gasteiger charge is 2.40. The summed E-state index contributed by atoms with van der Waals surface area (Å²) in [5.74, 6) is -0.967. The first-order valence-electron chi connectivity index (χ1n) is 19.2. The van der Waals surface area contributed by atoms with Crippen molar-refractivity contribution < 1.29 is 49.9 Å². The molecule has 13 nitrogen and oxygen atoms in total. The average molecular weight is 847 g/mol. The van der Waals surface area contributed by atoms with Crippen molar-refractivity contribution in [2.75, 3.05) is 11.4 Å². The first kappa shape index (κ1) is 44.7. The van der Waals surface area contributed by atoms with Crippen molar-refractivity contribution in [3.63, 3.8) is 0 Å². The van der Waals surface area contributed by atoms with Gasteiger partial charge in [-0.05, 0) is 108 Å². The lowest BCUT2D eigenvalue weighted by Gasteiger charge is -2.28. The lowest BCUT2D eigenvalue weighted by atomic mass is 9.76. The second-order valence-electron chi connectivity index (χ2n) is 15.6. The summed E-state index contributed by atoms with van der Waals surface area (Å²) in [6, 6.07) is 16.0. The van der Waals surface area contributed by atoms with Crippen LogP contribution in [-0.4, -0.2) is 55.3 Å². The molecule has 2 aliphatic heterocycles. The predicted octanol–water partition coefficient (Wildman–Crippen LogP) is 7.86. The third-order valence-corrected chi connectivity index (χ3v) is 12.4. The second kappa shape index (κ2) is 17.5. The Balaban J connectivity index is 1.48. The third-order valence-electron chi connectivity index (χ3n) is 10.7. The van der Waals surface area contributed by atoms with Crippen LogP contribution < -0.4 is 9.64 Å². The molecule has 0 bridgehead atoms. The van der Waals surface area contributed by atoms with Gasteiger partial charge in [-0.15, -0.1) is 5.06 Å². The number of amides is 2. The van der Waals surface area contributed by atoms with E-state index in [1.807, 2.05) is 40.7 Å². The Labute approximate surface area is 346 Å². The first-order chi connectivity index (χ1) is 27.5. The number of hydrogen-bond acceptors (Lipinski definition) is 10. The molecule has 0 atom stereocenters. The van der Waals surface area contributed by atoms with Gasteiger partial charge in [0.1, 0.15) is 11.5 Å². The highest BCUT2D eigenvalue weighted by molar-refractivity contribution is 7.86. The summed E-state index contributed by atoms with van der Waals surface area (Å²) in [5.41, 5.74) is 3.76. The number of fused-ring (bicyclic) bond motifs is 1. The van der Waals surface area contributed by atoms with Gasteiger partial charge >= 0.3 is 5.97 Å². The average Bonchev–Trinajstić information content (AvgIpc) is 3.59. The molecule has 59 heavy (non-hydrogen) atoms. The number of hydrogen-bond donors (Lipinski definition) is 2. The summed E-state index contributed by atoms with van der Waals surface area (Å²) >= 11 is 0. The van der Waals surface area contributed by atoms with Crippen LogP contribution in [0.3, 0.4) is 0 Å². The minimum atomic E-state index is -4.45. The van der Waals surface area contributed by atoms with E-state index in [9.17, 15) is 40.3 Å². The molecule has 0 unspecified atom stereocenters. The van der Waals surface area contributed by atoms with Gasteiger partial charge in [-0.25, -0.2) is 4.79 Å². The van der Waals surface area contributed by atoms with Crippen LogP contribution in [0.2, 0.25) is 0 Å². The molecule has 0 saturated carbocycles. The summed E-state index contributed by atoms with van der Waals surface area (Å²) in [4.78, 5) is 42.7. The monoisotopic (exact) mass is 846 g/mol. The molecule has 2 amide bonds. The number of aryl methyl sites for hydroxylation is 2. The van der Waals surface area contributed by atoms with Crippen LogP contribution in [0.1, 0.15) is 89.0 Å². The van der Waals surface area contributed by atoms with E-state index < -0.39 is 48.8 Å². The zero-order valence-electron chi connectivity index (χ0n) is 34.0. The summed E-state index contributed by atoms with van der Waals surface area (Å²) < 4.78 is 74.2. The quantitative estimate of drug-likeness (QED) is 0.0617. The molecule has 2 aliphatic rings. The molecule has 15 heteroatoms. The lowest BCUT2D eigenvalue weighted by Crippen LogP contribution is -2.32. The van der Waals surface area contributed by atoms with E-state index in [4.69, 9.17) is 9.57 Å². The number of imide groups is 1. The topological polar surface area (TPSA) is 185 Å². The fraction of sp³-hybridized carbons (Fsp3) is 0.341. The number of carbonyl (C=O) groups excluding carboxylic acids is 3. The number of hydroxylamine groups is 2. The summed E-state index contributed by atoms with van der Waals surface area (Å²) in [7, 11) is -8.90. The number of carbonyl (C=O) groups is 3. The van der Waals surface area contributed by atoms with Crippen LogP contribution >= 0.6 is 0 Å². The van der Waals surface area contributed by atoms with Crippen molar-refractivity contribution in [3.8, 4) is 5.75 Å². The molecule has 0 aromatic heterocycles. The molecule has 0 radical (unpaired) electrons. The zero-order valence-corrected chi connectivity index (χ0v) is 35.7. The number of benzene rings is 3. The summed E-state index contributed by atoms with van der Waals surface area (Å²) in [6.07, 6.45) is 9.18. The van der Waals surface area contributed by atoms with Crippen molar-refractivity contribution in [2.45, 2.75) is 101 Å². The second-order valence-corrected chi connectivity index (χ2v) is 18.5. The molecule has 0 spiro atoms. The SMILES string of the molecule is C=C(/C=C/C(=C/C=C1/N(CCCC)c2ccc(S(=O)(=O)O)cc2C1(C)C)Oc1ccc(CCC(=O)ON2C(=O)CCC2=O)cc1)C(C)(C)c1cc(S(=O)(=O)O)ccc1C. The Morgan fingerprint density at radius 1 is 0.915 bits per heavy atom. The van der Waals surface area contributed by atoms with Crippen LogP contribution in [0, 0.1) is 6.92 Å². The molecule has 1 fully saturated rings. The van der Waals surface area contributed by atoms with E-state index >= 15 is 0 Å². The van der Waals surface area contributed by atoms with Gasteiger partial charge in [-0.2, -0.15) is 16.8 Å². The van der Waals surface area contributed by atoms with Crippen LogP contribution in [-0.2, 0) is 56.7 Å². The van der Waals surface area contributed by atoms with Gasteiger partial charge < -0.3 is 14.5 Å². The van der Waals surface area contributed by atoms with Crippen LogP contribution in [0.4, 0.5) is 5.69 Å². The van der Waals surface area contributed by atoms with Gasteiger partial charge in [-0.3, -0.25) is 18.7 Å². The smallest absolute Gasteiger partial charge is 0.333 e. The molecule has 5 rings (SSSR count). The van der Waals surface area contributed by atoms with Gasteiger partial charge in [0.05, 0.1) is 16.2 Å². The maximum atomic E-state index is 12.4. The van der Waals surface area contributed by atoms with Crippen LogP contribution in [0.15, 0.2) is 118 Å². The van der Waals surface area contributed by atoms with Gasteiger partial charge in [0, 0.05) is 41.6 Å². The van der Waals surface area contributed by atoms with Crippen LogP contribution in [0.5, 0.6) is 5.75 Å². The maximum absolute atomic E-state index is 12.4. The normalized spacial score (nSPS) is 16.6. The Hall–Kier alpha value is -5.35. The van der Waals surface area contributed by atoms with E-state index in [1.165, 1.54) is 24.3 Å². The number of ether oxygens (including phenoxy) is 1. The minimum Gasteiger partial charge on any atom is -0.457 e. The van der Waals surface area contributed by atoms with E-state index in [0.717, 1.165) is 40.9 Å².